The van der Waals surface area contributed by atoms with Crippen LogP contribution in [0, 0.1) is 5.41 Å². The average Bonchev–Trinajstić information content (AvgIpc) is 2.46. The lowest BCUT2D eigenvalue weighted by atomic mass is 10.2. The molecule has 21 heavy (non-hydrogen) atoms. The van der Waals surface area contributed by atoms with Gasteiger partial charge in [0.25, 0.3) is 0 Å². The monoisotopic (exact) mass is 367 g/mol. The van der Waals surface area contributed by atoms with Gasteiger partial charge in [-0.3, -0.25) is 10.4 Å². The predicted molar refractivity (Wildman–Crippen MR) is 85.2 cm³/mol. The van der Waals surface area contributed by atoms with Gasteiger partial charge in [0.05, 0.1) is 10.6 Å². The molecule has 110 valence electrons. The number of aromatic nitrogens is 1. The number of nitrogen functional groups attached to an aromatic ring is 1. The molecule has 7 heteroatoms. The third kappa shape index (κ3) is 3.89. The zero-order chi connectivity index (χ0) is 15.5. The third-order valence-corrected chi connectivity index (χ3v) is 5.65. The van der Waals surface area contributed by atoms with Gasteiger partial charge in [0.2, 0.25) is 0 Å². The highest BCUT2D eigenvalue weighted by molar-refractivity contribution is 9.10. The zero-order valence-electron chi connectivity index (χ0n) is 11.1. The van der Waals surface area contributed by atoms with E-state index in [9.17, 15) is 8.42 Å². The van der Waals surface area contributed by atoms with Crippen LogP contribution in [0.5, 0.6) is 0 Å². The maximum absolute atomic E-state index is 12.3. The van der Waals surface area contributed by atoms with E-state index in [1.165, 1.54) is 6.20 Å². The van der Waals surface area contributed by atoms with Crippen LogP contribution < -0.4 is 5.73 Å². The second kappa shape index (κ2) is 6.36. The Morgan fingerprint density at radius 2 is 2.00 bits per heavy atom. The van der Waals surface area contributed by atoms with Gasteiger partial charge in [-0.15, -0.1) is 0 Å². The largest absolute Gasteiger partial charge is 0.382 e. The first-order chi connectivity index (χ1) is 9.90. The molecule has 0 aliphatic carbocycles. The molecular weight excluding hydrogens is 354 g/mol. The first-order valence-corrected chi connectivity index (χ1v) is 8.61. The van der Waals surface area contributed by atoms with Crippen LogP contribution in [-0.4, -0.2) is 25.0 Å². The fraction of sp³-hybridized carbons (Fsp3) is 0.143. The van der Waals surface area contributed by atoms with Crippen molar-refractivity contribution in [3.63, 3.8) is 0 Å². The van der Waals surface area contributed by atoms with E-state index < -0.39 is 9.84 Å². The fourth-order valence-corrected chi connectivity index (χ4v) is 4.24. The molecule has 0 unspecified atom stereocenters. The summed E-state index contributed by atoms with van der Waals surface area (Å²) in [5, 5.41) is 7.34. The van der Waals surface area contributed by atoms with E-state index >= 15 is 0 Å². The lowest BCUT2D eigenvalue weighted by Crippen LogP contribution is -2.14. The zero-order valence-corrected chi connectivity index (χ0v) is 13.5. The molecule has 0 aliphatic rings. The normalized spacial score (nSPS) is 11.3. The number of benzene rings is 1. The minimum Gasteiger partial charge on any atom is -0.382 e. The minimum absolute atomic E-state index is 0.0169. The van der Waals surface area contributed by atoms with E-state index in [1.54, 1.807) is 36.4 Å². The first-order valence-electron chi connectivity index (χ1n) is 6.17. The Morgan fingerprint density at radius 3 is 2.67 bits per heavy atom. The summed E-state index contributed by atoms with van der Waals surface area (Å²) >= 11 is 3.26. The van der Waals surface area contributed by atoms with Crippen LogP contribution in [-0.2, 0) is 16.3 Å². The van der Waals surface area contributed by atoms with Gasteiger partial charge in [0, 0.05) is 10.7 Å². The molecule has 1 heterocycles. The van der Waals surface area contributed by atoms with Gasteiger partial charge in [-0.2, -0.15) is 0 Å². The molecule has 0 saturated heterocycles. The number of nitrogens with one attached hydrogen (secondary N) is 1. The number of nitrogens with two attached hydrogens (primary N) is 1. The number of aryl methyl sites for hydroxylation is 1. The average molecular weight is 368 g/mol. The van der Waals surface area contributed by atoms with Gasteiger partial charge in [0.1, 0.15) is 11.5 Å². The Morgan fingerprint density at radius 1 is 1.29 bits per heavy atom. The van der Waals surface area contributed by atoms with Crippen molar-refractivity contribution >= 4 is 31.6 Å². The van der Waals surface area contributed by atoms with Crippen molar-refractivity contribution < 1.29 is 8.42 Å². The molecule has 3 N–H and O–H groups in total. The molecule has 1 aromatic heterocycles. The molecule has 5 nitrogen and oxygen atoms in total. The molecule has 0 radical (unpaired) electrons. The van der Waals surface area contributed by atoms with Crippen LogP contribution in [0.2, 0.25) is 0 Å². The highest BCUT2D eigenvalue weighted by Gasteiger charge is 2.17. The molecule has 1 aromatic carbocycles. The van der Waals surface area contributed by atoms with Crippen LogP contribution in [0.4, 0.5) is 0 Å². The summed E-state index contributed by atoms with van der Waals surface area (Å²) in [7, 11) is -3.37. The molecule has 0 fully saturated rings. The van der Waals surface area contributed by atoms with Crippen LogP contribution >= 0.6 is 15.9 Å². The van der Waals surface area contributed by atoms with Crippen molar-refractivity contribution in [3.05, 3.63) is 58.3 Å². The summed E-state index contributed by atoms with van der Waals surface area (Å²) in [5.74, 6) is -0.151. The van der Waals surface area contributed by atoms with E-state index in [2.05, 4.69) is 20.9 Å². The summed E-state index contributed by atoms with van der Waals surface area (Å²) in [6, 6.07) is 10.1. The van der Waals surface area contributed by atoms with E-state index in [0.29, 0.717) is 16.6 Å². The maximum atomic E-state index is 12.3. The Kier molecular flexibility index (Phi) is 4.74. The molecule has 2 rings (SSSR count). The number of hydrogen-bond donors (Lipinski definition) is 2. The second-order valence-corrected chi connectivity index (χ2v) is 7.39. The summed E-state index contributed by atoms with van der Waals surface area (Å²) in [5.41, 5.74) is 6.51. The molecule has 0 spiro atoms. The number of nitrogens with zero attached hydrogens (tertiary/aromatic N) is 1. The van der Waals surface area contributed by atoms with Crippen LogP contribution in [0.3, 0.4) is 0 Å². The summed E-state index contributed by atoms with van der Waals surface area (Å²) in [6.45, 7) is 0. The van der Waals surface area contributed by atoms with Crippen molar-refractivity contribution in [3.8, 4) is 0 Å². The second-order valence-electron chi connectivity index (χ2n) is 4.46. The third-order valence-electron chi connectivity index (χ3n) is 2.93. The number of halogens is 1. The van der Waals surface area contributed by atoms with E-state index in [-0.39, 0.29) is 16.5 Å². The van der Waals surface area contributed by atoms with Crippen LogP contribution in [0.25, 0.3) is 0 Å². The van der Waals surface area contributed by atoms with E-state index in [4.69, 9.17) is 11.1 Å². The molecule has 0 amide bonds. The Bertz CT molecular complexity index is 775. The lowest BCUT2D eigenvalue weighted by molar-refractivity contribution is 0.595. The fourth-order valence-electron chi connectivity index (χ4n) is 1.84. The Labute approximate surface area is 131 Å². The molecule has 0 aliphatic heterocycles. The molecule has 0 bridgehead atoms. The quantitative estimate of drug-likeness (QED) is 0.624. The minimum atomic E-state index is -3.37. The molecular formula is C14H14BrN3O2S. The van der Waals surface area contributed by atoms with Gasteiger partial charge >= 0.3 is 0 Å². The predicted octanol–water partition coefficient (Wildman–Crippen LogP) is 2.14. The van der Waals surface area contributed by atoms with Crippen molar-refractivity contribution in [1.82, 2.24) is 4.98 Å². The SMILES string of the molecule is N=C(N)c1cc(CCS(=O)(=O)c2ccccc2Br)ccn1. The van der Waals surface area contributed by atoms with Gasteiger partial charge in [-0.25, -0.2) is 8.42 Å². The maximum Gasteiger partial charge on any atom is 0.179 e. The van der Waals surface area contributed by atoms with Crippen molar-refractivity contribution in [2.24, 2.45) is 5.73 Å². The first kappa shape index (κ1) is 15.7. The van der Waals surface area contributed by atoms with E-state index in [1.807, 2.05) is 0 Å². The standard InChI is InChI=1S/C14H14BrN3O2S/c15-11-3-1-2-4-13(11)21(19,20)8-6-10-5-7-18-12(9-10)14(16)17/h1-5,7,9H,6,8H2,(H3,16,17). The lowest BCUT2D eigenvalue weighted by Gasteiger charge is -2.07. The molecule has 0 atom stereocenters. The Hall–Kier alpha value is -1.73. The van der Waals surface area contributed by atoms with Crippen LogP contribution in [0.1, 0.15) is 11.3 Å². The van der Waals surface area contributed by atoms with Crippen molar-refractivity contribution in [2.75, 3.05) is 5.75 Å². The number of rotatable bonds is 5. The summed E-state index contributed by atoms with van der Waals surface area (Å²) in [4.78, 5) is 4.23. The number of hydrogen-bond acceptors (Lipinski definition) is 4. The van der Waals surface area contributed by atoms with Crippen molar-refractivity contribution in [1.29, 1.82) is 5.41 Å². The van der Waals surface area contributed by atoms with Gasteiger partial charge < -0.3 is 5.73 Å². The highest BCUT2D eigenvalue weighted by Crippen LogP contribution is 2.22. The summed E-state index contributed by atoms with van der Waals surface area (Å²) in [6.07, 6.45) is 1.86. The van der Waals surface area contributed by atoms with Crippen LogP contribution in [0.15, 0.2) is 52.0 Å². The van der Waals surface area contributed by atoms with E-state index in [0.717, 1.165) is 5.56 Å². The highest BCUT2D eigenvalue weighted by atomic mass is 79.9. The van der Waals surface area contributed by atoms with Gasteiger partial charge in [-0.1, -0.05) is 12.1 Å². The number of pyridine rings is 1. The molecule has 2 aromatic rings. The topological polar surface area (TPSA) is 96.9 Å². The molecule has 0 saturated carbocycles. The number of amidine groups is 1. The smallest absolute Gasteiger partial charge is 0.179 e. The Balaban J connectivity index is 2.18. The van der Waals surface area contributed by atoms with Crippen molar-refractivity contribution in [2.45, 2.75) is 11.3 Å². The van der Waals surface area contributed by atoms with Gasteiger partial charge in [-0.05, 0) is 52.2 Å². The summed E-state index contributed by atoms with van der Waals surface area (Å²) < 4.78 is 25.2. The van der Waals surface area contributed by atoms with Gasteiger partial charge in [0.15, 0.2) is 9.84 Å². The number of sulfone groups is 1.